The number of nitrogens with one attached hydrogen (secondary N) is 2. The molecule has 6 heteroatoms. The van der Waals surface area contributed by atoms with Crippen LogP contribution in [0.25, 0.3) is 0 Å². The van der Waals surface area contributed by atoms with E-state index in [4.69, 9.17) is 11.6 Å². The monoisotopic (exact) mass is 404 g/mol. The van der Waals surface area contributed by atoms with E-state index >= 15 is 0 Å². The lowest BCUT2D eigenvalue weighted by Crippen LogP contribution is -2.26. The molecular weight excluding hydrogens is 380 g/mol. The topological polar surface area (TPSA) is 58.2 Å². The Balaban J connectivity index is 1.90. The number of thioether (sulfide) groups is 1. The number of aryl methyl sites for hydroxylation is 2. The highest BCUT2D eigenvalue weighted by atomic mass is 35.5. The number of carbonyl (C=O) groups excluding carboxylic acids is 2. The Hall–Kier alpha value is -1.98. The van der Waals surface area contributed by atoms with Crippen molar-refractivity contribution in [3.63, 3.8) is 0 Å². The number of para-hydroxylation sites is 1. The van der Waals surface area contributed by atoms with E-state index in [9.17, 15) is 9.59 Å². The molecule has 2 amide bonds. The Morgan fingerprint density at radius 1 is 1.00 bits per heavy atom. The normalized spacial score (nSPS) is 11.7. The number of carbonyl (C=O) groups is 2. The van der Waals surface area contributed by atoms with Crippen LogP contribution in [0.1, 0.15) is 31.9 Å². The molecule has 144 valence electrons. The van der Waals surface area contributed by atoms with Crippen LogP contribution in [-0.2, 0) is 22.4 Å². The summed E-state index contributed by atoms with van der Waals surface area (Å²) < 4.78 is 0. The number of halogens is 1. The molecule has 0 saturated carbocycles. The molecule has 0 aromatic heterocycles. The van der Waals surface area contributed by atoms with Crippen molar-refractivity contribution in [2.75, 3.05) is 16.4 Å². The fraction of sp³-hybridized carbons (Fsp3) is 0.333. The summed E-state index contributed by atoms with van der Waals surface area (Å²) in [5.41, 5.74) is 3.85. The quantitative estimate of drug-likeness (QED) is 0.638. The van der Waals surface area contributed by atoms with Gasteiger partial charge in [0.15, 0.2) is 0 Å². The highest BCUT2D eigenvalue weighted by molar-refractivity contribution is 8.01. The second-order valence-electron chi connectivity index (χ2n) is 6.16. The Bertz CT molecular complexity index is 771. The van der Waals surface area contributed by atoms with Gasteiger partial charge in [-0.3, -0.25) is 9.59 Å². The molecule has 2 N–H and O–H groups in total. The molecule has 0 saturated heterocycles. The molecule has 0 radical (unpaired) electrons. The number of amides is 2. The van der Waals surface area contributed by atoms with E-state index in [-0.39, 0.29) is 22.8 Å². The van der Waals surface area contributed by atoms with Crippen LogP contribution in [0.3, 0.4) is 0 Å². The standard InChI is InChI=1S/C21H25ClN2O2S/c1-4-15-7-6-8-16(5-2)20(15)24-21(26)14(3)27-13-19(25)23-18-11-9-17(22)10-12-18/h6-12,14H,4-5,13H2,1-3H3,(H,23,25)(H,24,26)/t14-/m0/s1. The lowest BCUT2D eigenvalue weighted by Gasteiger charge is -2.17. The van der Waals surface area contributed by atoms with Crippen molar-refractivity contribution in [3.8, 4) is 0 Å². The predicted molar refractivity (Wildman–Crippen MR) is 116 cm³/mol. The van der Waals surface area contributed by atoms with Crippen LogP contribution in [0.4, 0.5) is 11.4 Å². The molecule has 0 aliphatic heterocycles. The minimum atomic E-state index is -0.337. The highest BCUT2D eigenvalue weighted by Gasteiger charge is 2.18. The fourth-order valence-electron chi connectivity index (χ4n) is 2.63. The first-order valence-electron chi connectivity index (χ1n) is 9.03. The smallest absolute Gasteiger partial charge is 0.237 e. The van der Waals surface area contributed by atoms with Gasteiger partial charge in [0.05, 0.1) is 11.0 Å². The summed E-state index contributed by atoms with van der Waals surface area (Å²) in [5.74, 6) is -0.0344. The third-order valence-electron chi connectivity index (χ3n) is 4.21. The van der Waals surface area contributed by atoms with Crippen LogP contribution in [0.2, 0.25) is 5.02 Å². The summed E-state index contributed by atoms with van der Waals surface area (Å²) in [5, 5.41) is 6.13. The maximum absolute atomic E-state index is 12.6. The number of anilines is 2. The summed E-state index contributed by atoms with van der Waals surface area (Å²) in [4.78, 5) is 24.7. The highest BCUT2D eigenvalue weighted by Crippen LogP contribution is 2.24. The van der Waals surface area contributed by atoms with Crippen molar-refractivity contribution in [1.29, 1.82) is 0 Å². The van der Waals surface area contributed by atoms with Crippen molar-refractivity contribution in [3.05, 3.63) is 58.6 Å². The molecule has 0 aliphatic rings. The molecule has 0 bridgehead atoms. The lowest BCUT2D eigenvalue weighted by molar-refractivity contribution is -0.115. The molecule has 2 aromatic carbocycles. The average molecular weight is 405 g/mol. The first-order chi connectivity index (χ1) is 12.9. The van der Waals surface area contributed by atoms with E-state index in [1.54, 1.807) is 24.3 Å². The third-order valence-corrected chi connectivity index (χ3v) is 5.60. The van der Waals surface area contributed by atoms with Gasteiger partial charge in [-0.15, -0.1) is 11.8 Å². The lowest BCUT2D eigenvalue weighted by atomic mass is 10.0. The Morgan fingerprint density at radius 2 is 1.59 bits per heavy atom. The van der Waals surface area contributed by atoms with Crippen molar-refractivity contribution >= 4 is 46.6 Å². The van der Waals surface area contributed by atoms with Crippen LogP contribution in [0.15, 0.2) is 42.5 Å². The van der Waals surface area contributed by atoms with Crippen molar-refractivity contribution in [2.24, 2.45) is 0 Å². The zero-order valence-corrected chi connectivity index (χ0v) is 17.4. The molecule has 0 unspecified atom stereocenters. The maximum atomic E-state index is 12.6. The fourth-order valence-corrected chi connectivity index (χ4v) is 3.44. The number of hydrogen-bond donors (Lipinski definition) is 2. The first kappa shape index (κ1) is 21.3. The summed E-state index contributed by atoms with van der Waals surface area (Å²) in [7, 11) is 0. The van der Waals surface area contributed by atoms with Gasteiger partial charge in [0.25, 0.3) is 0 Å². The van der Waals surface area contributed by atoms with Crippen LogP contribution in [0.5, 0.6) is 0 Å². The number of benzene rings is 2. The van der Waals surface area contributed by atoms with Crippen LogP contribution >= 0.6 is 23.4 Å². The minimum Gasteiger partial charge on any atom is -0.325 e. The number of hydrogen-bond acceptors (Lipinski definition) is 3. The van der Waals surface area contributed by atoms with Crippen molar-refractivity contribution in [1.82, 2.24) is 0 Å². The van der Waals surface area contributed by atoms with E-state index in [0.29, 0.717) is 10.7 Å². The van der Waals surface area contributed by atoms with E-state index in [0.717, 1.165) is 29.7 Å². The van der Waals surface area contributed by atoms with E-state index in [1.807, 2.05) is 25.1 Å². The van der Waals surface area contributed by atoms with Gasteiger partial charge in [0.2, 0.25) is 11.8 Å². The Labute approximate surface area is 170 Å². The molecule has 0 heterocycles. The van der Waals surface area contributed by atoms with Crippen LogP contribution in [0, 0.1) is 0 Å². The molecule has 27 heavy (non-hydrogen) atoms. The molecule has 0 fully saturated rings. The van der Waals surface area contributed by atoms with Gasteiger partial charge in [-0.25, -0.2) is 0 Å². The van der Waals surface area contributed by atoms with Crippen molar-refractivity contribution < 1.29 is 9.59 Å². The summed E-state index contributed by atoms with van der Waals surface area (Å²) in [6, 6.07) is 13.0. The Morgan fingerprint density at radius 3 is 2.15 bits per heavy atom. The summed E-state index contributed by atoms with van der Waals surface area (Å²) >= 11 is 7.15. The molecule has 2 rings (SSSR count). The molecule has 1 atom stereocenters. The van der Waals surface area contributed by atoms with Gasteiger partial charge in [0, 0.05) is 16.4 Å². The molecule has 2 aromatic rings. The predicted octanol–water partition coefficient (Wildman–Crippen LogP) is 5.16. The number of rotatable bonds is 8. The third kappa shape index (κ3) is 6.29. The largest absolute Gasteiger partial charge is 0.325 e. The van der Waals surface area contributed by atoms with Gasteiger partial charge in [-0.05, 0) is 55.2 Å². The molecule has 0 aliphatic carbocycles. The van der Waals surface area contributed by atoms with Crippen LogP contribution < -0.4 is 10.6 Å². The van der Waals surface area contributed by atoms with Gasteiger partial charge < -0.3 is 10.6 Å². The minimum absolute atomic E-state index is 0.0881. The Kier molecular flexibility index (Phi) is 8.20. The van der Waals surface area contributed by atoms with E-state index in [2.05, 4.69) is 24.5 Å². The average Bonchev–Trinajstić information content (AvgIpc) is 2.67. The first-order valence-corrected chi connectivity index (χ1v) is 10.5. The second-order valence-corrected chi connectivity index (χ2v) is 7.92. The zero-order valence-electron chi connectivity index (χ0n) is 15.8. The zero-order chi connectivity index (χ0) is 19.8. The van der Waals surface area contributed by atoms with E-state index in [1.165, 1.54) is 11.8 Å². The van der Waals surface area contributed by atoms with Gasteiger partial charge in [-0.2, -0.15) is 0 Å². The molecule has 0 spiro atoms. The molecular formula is C21H25ClN2O2S. The van der Waals surface area contributed by atoms with Crippen molar-refractivity contribution in [2.45, 2.75) is 38.9 Å². The van der Waals surface area contributed by atoms with Gasteiger partial charge >= 0.3 is 0 Å². The van der Waals surface area contributed by atoms with Crippen LogP contribution in [-0.4, -0.2) is 22.8 Å². The molecule has 4 nitrogen and oxygen atoms in total. The van der Waals surface area contributed by atoms with Gasteiger partial charge in [0.1, 0.15) is 0 Å². The van der Waals surface area contributed by atoms with Gasteiger partial charge in [-0.1, -0.05) is 43.6 Å². The summed E-state index contributed by atoms with van der Waals surface area (Å²) in [6.07, 6.45) is 1.71. The summed E-state index contributed by atoms with van der Waals surface area (Å²) in [6.45, 7) is 5.96. The van der Waals surface area contributed by atoms with E-state index < -0.39 is 0 Å². The second kappa shape index (κ2) is 10.4. The SMILES string of the molecule is CCc1cccc(CC)c1NC(=O)[C@H](C)SCC(=O)Nc1ccc(Cl)cc1. The maximum Gasteiger partial charge on any atom is 0.237 e.